The van der Waals surface area contributed by atoms with Crippen molar-refractivity contribution in [2.75, 3.05) is 32.7 Å². The molecule has 2 saturated heterocycles. The van der Waals surface area contributed by atoms with Gasteiger partial charge in [-0.25, -0.2) is 0 Å². The molecule has 2 heterocycles. The van der Waals surface area contributed by atoms with Gasteiger partial charge < -0.3 is 10.2 Å². The molecule has 0 bridgehead atoms. The molecule has 2 fully saturated rings. The van der Waals surface area contributed by atoms with Crippen LogP contribution in [0.25, 0.3) is 0 Å². The van der Waals surface area contributed by atoms with E-state index in [-0.39, 0.29) is 0 Å². The minimum absolute atomic E-state index is 0.603. The molecule has 2 rings (SSSR count). The molecule has 2 aliphatic heterocycles. The maximum absolute atomic E-state index is 4.00. The normalized spacial score (nSPS) is 31.8. The molecule has 1 unspecified atom stereocenters. The van der Waals surface area contributed by atoms with E-state index in [0.717, 1.165) is 0 Å². The van der Waals surface area contributed by atoms with Gasteiger partial charge in [0.05, 0.1) is 0 Å². The van der Waals surface area contributed by atoms with Crippen molar-refractivity contribution >= 4 is 0 Å². The van der Waals surface area contributed by atoms with Crippen molar-refractivity contribution in [1.82, 2.24) is 10.2 Å². The Morgan fingerprint density at radius 3 is 2.88 bits per heavy atom. The van der Waals surface area contributed by atoms with Crippen LogP contribution >= 0.6 is 0 Å². The highest BCUT2D eigenvalue weighted by atomic mass is 15.1. The van der Waals surface area contributed by atoms with Crippen LogP contribution in [0.2, 0.25) is 0 Å². The van der Waals surface area contributed by atoms with Gasteiger partial charge >= 0.3 is 0 Å². The molecule has 0 aromatic heterocycles. The average Bonchev–Trinajstić information content (AvgIpc) is 2.28. The maximum Gasteiger partial charge on any atom is 0.00503 e. The van der Waals surface area contributed by atoms with Crippen molar-refractivity contribution in [3.63, 3.8) is 0 Å². The Labute approximate surface area is 100 Å². The zero-order valence-corrected chi connectivity index (χ0v) is 10.7. The van der Waals surface area contributed by atoms with Crippen LogP contribution in [0, 0.1) is 5.41 Å². The van der Waals surface area contributed by atoms with Crippen LogP contribution in [0.15, 0.2) is 12.2 Å². The number of likely N-dealkylation sites (tertiary alicyclic amines) is 1. The Morgan fingerprint density at radius 2 is 2.19 bits per heavy atom. The zero-order chi connectivity index (χ0) is 11.4. The van der Waals surface area contributed by atoms with Gasteiger partial charge in [0.2, 0.25) is 0 Å². The van der Waals surface area contributed by atoms with Crippen LogP contribution in [0.1, 0.15) is 39.0 Å². The van der Waals surface area contributed by atoms with Gasteiger partial charge in [0.15, 0.2) is 0 Å². The molecule has 92 valence electrons. The Hall–Kier alpha value is -0.340. The fourth-order valence-electron chi connectivity index (χ4n) is 3.23. The van der Waals surface area contributed by atoms with Crippen LogP contribution in [-0.2, 0) is 0 Å². The van der Waals surface area contributed by atoms with Gasteiger partial charge in [-0.3, -0.25) is 0 Å². The van der Waals surface area contributed by atoms with Crippen molar-refractivity contribution in [2.24, 2.45) is 5.41 Å². The van der Waals surface area contributed by atoms with E-state index in [0.29, 0.717) is 5.41 Å². The average molecular weight is 222 g/mol. The summed E-state index contributed by atoms with van der Waals surface area (Å²) < 4.78 is 0. The van der Waals surface area contributed by atoms with Gasteiger partial charge in [0.1, 0.15) is 0 Å². The third-order valence-corrected chi connectivity index (χ3v) is 4.16. The zero-order valence-electron chi connectivity index (χ0n) is 10.7. The van der Waals surface area contributed by atoms with E-state index in [1.165, 1.54) is 70.4 Å². The predicted octanol–water partition coefficient (Wildman–Crippen LogP) is 2.42. The molecule has 1 atom stereocenters. The monoisotopic (exact) mass is 222 g/mol. The molecule has 1 spiro atoms. The minimum Gasteiger partial charge on any atom is -0.316 e. The Bertz CT molecular complexity index is 236. The highest BCUT2D eigenvalue weighted by Crippen LogP contribution is 2.35. The SMILES string of the molecule is C=C(C)CCN1CCCC2(CCCNC2)C1. The highest BCUT2D eigenvalue weighted by molar-refractivity contribution is 4.94. The van der Waals surface area contributed by atoms with Gasteiger partial charge in [-0.15, -0.1) is 6.58 Å². The third-order valence-electron chi connectivity index (χ3n) is 4.16. The largest absolute Gasteiger partial charge is 0.316 e. The predicted molar refractivity (Wildman–Crippen MR) is 69.6 cm³/mol. The lowest BCUT2D eigenvalue weighted by atomic mass is 9.74. The van der Waals surface area contributed by atoms with Crippen molar-refractivity contribution < 1.29 is 0 Å². The van der Waals surface area contributed by atoms with Crippen molar-refractivity contribution in [1.29, 1.82) is 0 Å². The summed E-state index contributed by atoms with van der Waals surface area (Å²) in [6.45, 7) is 12.5. The summed E-state index contributed by atoms with van der Waals surface area (Å²) in [5.41, 5.74) is 1.92. The first-order valence-electron chi connectivity index (χ1n) is 6.78. The summed E-state index contributed by atoms with van der Waals surface area (Å²) in [6.07, 6.45) is 6.79. The number of nitrogens with zero attached hydrogens (tertiary/aromatic N) is 1. The van der Waals surface area contributed by atoms with Crippen molar-refractivity contribution in [3.8, 4) is 0 Å². The summed E-state index contributed by atoms with van der Waals surface area (Å²) in [5.74, 6) is 0. The smallest absolute Gasteiger partial charge is 0.00503 e. The van der Waals surface area contributed by atoms with Crippen LogP contribution < -0.4 is 5.32 Å². The Kier molecular flexibility index (Phi) is 4.04. The molecule has 2 nitrogen and oxygen atoms in total. The van der Waals surface area contributed by atoms with Crippen molar-refractivity contribution in [3.05, 3.63) is 12.2 Å². The topological polar surface area (TPSA) is 15.3 Å². The molecule has 1 N–H and O–H groups in total. The van der Waals surface area contributed by atoms with Gasteiger partial charge in [0.25, 0.3) is 0 Å². The van der Waals surface area contributed by atoms with Gasteiger partial charge in [0, 0.05) is 19.6 Å². The van der Waals surface area contributed by atoms with E-state index in [1.807, 2.05) is 0 Å². The lowest BCUT2D eigenvalue weighted by Gasteiger charge is -2.45. The van der Waals surface area contributed by atoms with Crippen LogP contribution in [0.5, 0.6) is 0 Å². The summed E-state index contributed by atoms with van der Waals surface area (Å²) in [6, 6.07) is 0. The first-order chi connectivity index (χ1) is 7.70. The first kappa shape index (κ1) is 12.1. The van der Waals surface area contributed by atoms with E-state index in [4.69, 9.17) is 0 Å². The fraction of sp³-hybridized carbons (Fsp3) is 0.857. The summed E-state index contributed by atoms with van der Waals surface area (Å²) >= 11 is 0. The van der Waals surface area contributed by atoms with E-state index in [9.17, 15) is 0 Å². The van der Waals surface area contributed by atoms with Crippen LogP contribution in [0.4, 0.5) is 0 Å². The van der Waals surface area contributed by atoms with Crippen molar-refractivity contribution in [2.45, 2.75) is 39.0 Å². The molecule has 0 aromatic carbocycles. The van der Waals surface area contributed by atoms with Gasteiger partial charge in [-0.05, 0) is 57.5 Å². The first-order valence-corrected chi connectivity index (χ1v) is 6.78. The molecular formula is C14H26N2. The number of hydrogen-bond acceptors (Lipinski definition) is 2. The van der Waals surface area contributed by atoms with Gasteiger partial charge in [-0.2, -0.15) is 0 Å². The Morgan fingerprint density at radius 1 is 1.38 bits per heavy atom. The summed E-state index contributed by atoms with van der Waals surface area (Å²) in [7, 11) is 0. The maximum atomic E-state index is 4.00. The third kappa shape index (κ3) is 3.08. The van der Waals surface area contributed by atoms with E-state index in [1.54, 1.807) is 0 Å². The van der Waals surface area contributed by atoms with E-state index in [2.05, 4.69) is 23.7 Å². The van der Waals surface area contributed by atoms with Crippen LogP contribution in [-0.4, -0.2) is 37.6 Å². The quantitative estimate of drug-likeness (QED) is 0.738. The molecule has 0 amide bonds. The number of rotatable bonds is 3. The lowest BCUT2D eigenvalue weighted by molar-refractivity contribution is 0.0654. The number of nitrogens with one attached hydrogen (secondary N) is 1. The van der Waals surface area contributed by atoms with E-state index < -0.39 is 0 Å². The standard InChI is InChI=1S/C14H26N2/c1-13(2)5-10-16-9-4-7-14(12-16)6-3-8-15-11-14/h15H,1,3-12H2,2H3. The molecule has 0 aliphatic carbocycles. The molecule has 0 saturated carbocycles. The fourth-order valence-corrected chi connectivity index (χ4v) is 3.23. The number of piperidine rings is 2. The second-order valence-corrected chi connectivity index (χ2v) is 5.87. The summed E-state index contributed by atoms with van der Waals surface area (Å²) in [5, 5.41) is 3.59. The second kappa shape index (κ2) is 5.33. The minimum atomic E-state index is 0.603. The number of hydrogen-bond donors (Lipinski definition) is 1. The molecule has 16 heavy (non-hydrogen) atoms. The lowest BCUT2D eigenvalue weighted by Crippen LogP contribution is -2.51. The van der Waals surface area contributed by atoms with Crippen LogP contribution in [0.3, 0.4) is 0 Å². The Balaban J connectivity index is 1.85. The molecule has 0 radical (unpaired) electrons. The van der Waals surface area contributed by atoms with Gasteiger partial charge in [-0.1, -0.05) is 5.57 Å². The molecular weight excluding hydrogens is 196 g/mol. The van der Waals surface area contributed by atoms with E-state index >= 15 is 0 Å². The highest BCUT2D eigenvalue weighted by Gasteiger charge is 2.36. The summed E-state index contributed by atoms with van der Waals surface area (Å²) in [4.78, 5) is 2.66. The molecule has 0 aromatic rings. The second-order valence-electron chi connectivity index (χ2n) is 5.87. The molecule has 2 heteroatoms. The molecule has 2 aliphatic rings.